The van der Waals surface area contributed by atoms with Crippen molar-refractivity contribution in [2.45, 2.75) is 33.6 Å². The molecule has 0 bridgehead atoms. The van der Waals surface area contributed by atoms with E-state index in [1.807, 2.05) is 13.0 Å². The summed E-state index contributed by atoms with van der Waals surface area (Å²) in [5.74, 6) is 3.22. The van der Waals surface area contributed by atoms with Gasteiger partial charge < -0.3 is 14.7 Å². The molecule has 26 heavy (non-hydrogen) atoms. The summed E-state index contributed by atoms with van der Waals surface area (Å²) < 4.78 is 4.96. The second-order valence-corrected chi connectivity index (χ2v) is 7.01. The second kappa shape index (κ2) is 7.82. The van der Waals surface area contributed by atoms with E-state index in [-0.39, 0.29) is 5.91 Å². The highest BCUT2D eigenvalue weighted by atomic mass is 16.5. The van der Waals surface area contributed by atoms with E-state index in [4.69, 9.17) is 9.51 Å². The molecule has 1 amide bonds. The number of nitrogens with one attached hydrogen (secondary N) is 1. The van der Waals surface area contributed by atoms with Gasteiger partial charge in [-0.15, -0.1) is 0 Å². The first-order valence-electron chi connectivity index (χ1n) is 8.97. The maximum Gasteiger partial charge on any atom is 0.239 e. The zero-order valence-electron chi connectivity index (χ0n) is 15.8. The number of aryl methyl sites for hydroxylation is 2. The van der Waals surface area contributed by atoms with Gasteiger partial charge in [0, 0.05) is 49.9 Å². The van der Waals surface area contributed by atoms with Crippen LogP contribution in [0.2, 0.25) is 0 Å². The predicted octanol–water partition coefficient (Wildman–Crippen LogP) is 1.97. The fourth-order valence-electron chi connectivity index (χ4n) is 2.94. The summed E-state index contributed by atoms with van der Waals surface area (Å²) in [7, 11) is 0. The van der Waals surface area contributed by atoms with Crippen molar-refractivity contribution in [3.63, 3.8) is 0 Å². The Labute approximate surface area is 153 Å². The summed E-state index contributed by atoms with van der Waals surface area (Å²) in [5.41, 5.74) is 0.989. The van der Waals surface area contributed by atoms with E-state index in [1.54, 1.807) is 13.0 Å². The standard InChI is InChI=1S/C18H26N6O2/c1-12(2)18-19-13(3)9-16(21-18)24-7-5-23(6-8-24)11-17(25)20-15-10-14(4)26-22-15/h9-10,12H,5-8,11H2,1-4H3,(H,20,22,25). The molecule has 8 nitrogen and oxygen atoms in total. The van der Waals surface area contributed by atoms with Gasteiger partial charge in [-0.2, -0.15) is 0 Å². The van der Waals surface area contributed by atoms with Crippen molar-refractivity contribution in [3.05, 3.63) is 29.4 Å². The number of piperazine rings is 1. The SMILES string of the molecule is Cc1cc(N2CCN(CC(=O)Nc3cc(C)on3)CC2)nc(C(C)C)n1. The third-order valence-electron chi connectivity index (χ3n) is 4.33. The molecule has 3 heterocycles. The van der Waals surface area contributed by atoms with Gasteiger partial charge in [0.25, 0.3) is 0 Å². The lowest BCUT2D eigenvalue weighted by Gasteiger charge is -2.35. The van der Waals surface area contributed by atoms with Crippen LogP contribution in [0.3, 0.4) is 0 Å². The minimum atomic E-state index is -0.0771. The molecule has 1 N–H and O–H groups in total. The summed E-state index contributed by atoms with van der Waals surface area (Å²) in [6.07, 6.45) is 0. The van der Waals surface area contributed by atoms with Crippen LogP contribution in [0.1, 0.15) is 37.0 Å². The molecule has 1 aliphatic heterocycles. The first-order chi connectivity index (χ1) is 12.4. The van der Waals surface area contributed by atoms with Crippen molar-refractivity contribution in [3.8, 4) is 0 Å². The fourth-order valence-corrected chi connectivity index (χ4v) is 2.94. The highest BCUT2D eigenvalue weighted by Gasteiger charge is 2.21. The molecular weight excluding hydrogens is 332 g/mol. The van der Waals surface area contributed by atoms with Gasteiger partial charge >= 0.3 is 0 Å². The molecular formula is C18H26N6O2. The van der Waals surface area contributed by atoms with Gasteiger partial charge in [0.1, 0.15) is 17.4 Å². The normalized spacial score (nSPS) is 15.5. The molecule has 0 radical (unpaired) electrons. The molecule has 1 saturated heterocycles. The van der Waals surface area contributed by atoms with Gasteiger partial charge in [0.2, 0.25) is 5.91 Å². The Balaban J connectivity index is 1.53. The van der Waals surface area contributed by atoms with Crippen LogP contribution in [0.5, 0.6) is 0 Å². The summed E-state index contributed by atoms with van der Waals surface area (Å²) >= 11 is 0. The van der Waals surface area contributed by atoms with E-state index in [2.05, 4.69) is 39.1 Å². The lowest BCUT2D eigenvalue weighted by atomic mass is 10.2. The minimum Gasteiger partial charge on any atom is -0.360 e. The molecule has 1 aliphatic rings. The smallest absolute Gasteiger partial charge is 0.239 e. The van der Waals surface area contributed by atoms with Gasteiger partial charge in [0.05, 0.1) is 6.54 Å². The van der Waals surface area contributed by atoms with Gasteiger partial charge in [-0.1, -0.05) is 19.0 Å². The van der Waals surface area contributed by atoms with Gasteiger partial charge in [0.15, 0.2) is 5.82 Å². The Hall–Kier alpha value is -2.48. The molecule has 2 aromatic heterocycles. The molecule has 0 spiro atoms. The molecule has 2 aromatic rings. The first-order valence-corrected chi connectivity index (χ1v) is 8.97. The monoisotopic (exact) mass is 358 g/mol. The Kier molecular flexibility index (Phi) is 5.51. The average molecular weight is 358 g/mol. The zero-order valence-corrected chi connectivity index (χ0v) is 15.8. The molecule has 0 atom stereocenters. The van der Waals surface area contributed by atoms with Crippen LogP contribution in [-0.2, 0) is 4.79 Å². The number of amides is 1. The fraction of sp³-hybridized carbons (Fsp3) is 0.556. The number of rotatable bonds is 5. The summed E-state index contributed by atoms with van der Waals surface area (Å²) in [5, 5.41) is 6.54. The Bertz CT molecular complexity index is 765. The van der Waals surface area contributed by atoms with Gasteiger partial charge in [-0.3, -0.25) is 9.69 Å². The number of carbonyl (C=O) groups excluding carboxylic acids is 1. The van der Waals surface area contributed by atoms with Crippen LogP contribution in [0.4, 0.5) is 11.6 Å². The third kappa shape index (κ3) is 4.57. The maximum absolute atomic E-state index is 12.1. The van der Waals surface area contributed by atoms with E-state index in [0.29, 0.717) is 24.0 Å². The summed E-state index contributed by atoms with van der Waals surface area (Å²) in [4.78, 5) is 25.7. The Morgan fingerprint density at radius 2 is 1.92 bits per heavy atom. The topological polar surface area (TPSA) is 87.4 Å². The highest BCUT2D eigenvalue weighted by Crippen LogP contribution is 2.18. The summed E-state index contributed by atoms with van der Waals surface area (Å²) in [6.45, 7) is 11.6. The number of nitrogens with zero attached hydrogens (tertiary/aromatic N) is 5. The van der Waals surface area contributed by atoms with Crippen molar-refractivity contribution in [2.24, 2.45) is 0 Å². The number of aromatic nitrogens is 3. The van der Waals surface area contributed by atoms with E-state index in [1.165, 1.54) is 0 Å². The number of hydrogen-bond acceptors (Lipinski definition) is 7. The molecule has 3 rings (SSSR count). The molecule has 0 aliphatic carbocycles. The molecule has 1 fully saturated rings. The molecule has 0 aromatic carbocycles. The Morgan fingerprint density at radius 1 is 1.19 bits per heavy atom. The van der Waals surface area contributed by atoms with Crippen LogP contribution in [0.15, 0.2) is 16.7 Å². The van der Waals surface area contributed by atoms with E-state index < -0.39 is 0 Å². The number of carbonyl (C=O) groups is 1. The largest absolute Gasteiger partial charge is 0.360 e. The van der Waals surface area contributed by atoms with Crippen molar-refractivity contribution < 1.29 is 9.32 Å². The lowest BCUT2D eigenvalue weighted by Crippen LogP contribution is -2.49. The van der Waals surface area contributed by atoms with Crippen LogP contribution < -0.4 is 10.2 Å². The van der Waals surface area contributed by atoms with E-state index in [0.717, 1.165) is 43.5 Å². The molecule has 8 heteroatoms. The maximum atomic E-state index is 12.1. The predicted molar refractivity (Wildman–Crippen MR) is 99.4 cm³/mol. The quantitative estimate of drug-likeness (QED) is 0.874. The molecule has 0 unspecified atom stereocenters. The molecule has 140 valence electrons. The van der Waals surface area contributed by atoms with Crippen LogP contribution in [-0.4, -0.2) is 58.7 Å². The highest BCUT2D eigenvalue weighted by molar-refractivity contribution is 5.91. The van der Waals surface area contributed by atoms with Crippen LogP contribution in [0, 0.1) is 13.8 Å². The zero-order chi connectivity index (χ0) is 18.7. The van der Waals surface area contributed by atoms with E-state index in [9.17, 15) is 4.79 Å². The summed E-state index contributed by atoms with van der Waals surface area (Å²) in [6, 6.07) is 3.74. The Morgan fingerprint density at radius 3 is 2.54 bits per heavy atom. The van der Waals surface area contributed by atoms with Gasteiger partial charge in [-0.05, 0) is 13.8 Å². The second-order valence-electron chi connectivity index (χ2n) is 7.01. The van der Waals surface area contributed by atoms with Crippen molar-refractivity contribution in [1.82, 2.24) is 20.0 Å². The van der Waals surface area contributed by atoms with Crippen molar-refractivity contribution in [2.75, 3.05) is 42.9 Å². The number of anilines is 2. The van der Waals surface area contributed by atoms with E-state index >= 15 is 0 Å². The van der Waals surface area contributed by atoms with Crippen LogP contribution in [0.25, 0.3) is 0 Å². The lowest BCUT2D eigenvalue weighted by molar-refractivity contribution is -0.117. The number of hydrogen-bond donors (Lipinski definition) is 1. The first kappa shape index (κ1) is 18.3. The molecule has 0 saturated carbocycles. The van der Waals surface area contributed by atoms with Crippen LogP contribution >= 0.6 is 0 Å². The average Bonchev–Trinajstić information content (AvgIpc) is 2.99. The van der Waals surface area contributed by atoms with Gasteiger partial charge in [-0.25, -0.2) is 9.97 Å². The minimum absolute atomic E-state index is 0.0771. The van der Waals surface area contributed by atoms with Crippen molar-refractivity contribution in [1.29, 1.82) is 0 Å². The van der Waals surface area contributed by atoms with Crippen molar-refractivity contribution >= 4 is 17.5 Å². The third-order valence-corrected chi connectivity index (χ3v) is 4.33.